The Labute approximate surface area is 163 Å². The fourth-order valence-electron chi connectivity index (χ4n) is 2.78. The van der Waals surface area contributed by atoms with Gasteiger partial charge < -0.3 is 9.32 Å². The Kier molecular flexibility index (Phi) is 5.55. The quantitative estimate of drug-likeness (QED) is 0.792. The molecule has 0 atom stereocenters. The maximum atomic E-state index is 12.6. The zero-order valence-corrected chi connectivity index (χ0v) is 16.6. The number of amides is 1. The van der Waals surface area contributed by atoms with Crippen LogP contribution < -0.4 is 0 Å². The molecular weight excluding hydrogens is 375 g/mol. The molecule has 0 saturated carbocycles. The van der Waals surface area contributed by atoms with Crippen LogP contribution in [0.25, 0.3) is 0 Å². The number of rotatable bonds is 3. The van der Waals surface area contributed by atoms with E-state index in [9.17, 15) is 4.79 Å². The molecule has 3 rings (SSSR count). The highest BCUT2D eigenvalue weighted by Gasteiger charge is 2.25. The lowest BCUT2D eigenvalue weighted by Crippen LogP contribution is -2.48. The Balaban J connectivity index is 1.57. The summed E-state index contributed by atoms with van der Waals surface area (Å²) in [5, 5.41) is 9.18. The van der Waals surface area contributed by atoms with Crippen molar-refractivity contribution in [2.75, 3.05) is 26.2 Å². The van der Waals surface area contributed by atoms with E-state index in [-0.39, 0.29) is 11.3 Å². The molecule has 2 aromatic rings. The van der Waals surface area contributed by atoms with Crippen molar-refractivity contribution in [3.63, 3.8) is 0 Å². The largest absolute Gasteiger partial charge is 0.423 e. The third kappa shape index (κ3) is 4.55. The minimum atomic E-state index is -0.158. The Hall–Kier alpha value is -1.63. The molecule has 140 valence electrons. The van der Waals surface area contributed by atoms with E-state index < -0.39 is 0 Å². The first kappa shape index (κ1) is 19.1. The first-order valence-corrected chi connectivity index (χ1v) is 9.28. The van der Waals surface area contributed by atoms with Crippen molar-refractivity contribution >= 4 is 29.1 Å². The van der Waals surface area contributed by atoms with Gasteiger partial charge in [0.1, 0.15) is 0 Å². The van der Waals surface area contributed by atoms with Crippen LogP contribution in [0.4, 0.5) is 0 Å². The van der Waals surface area contributed by atoms with Crippen molar-refractivity contribution in [2.24, 2.45) is 0 Å². The number of halogens is 2. The minimum absolute atomic E-state index is 0.0538. The maximum Gasteiger partial charge on any atom is 0.254 e. The van der Waals surface area contributed by atoms with Crippen molar-refractivity contribution in [2.45, 2.75) is 32.7 Å². The number of hydrogen-bond acceptors (Lipinski definition) is 5. The molecule has 1 aliphatic heterocycles. The molecule has 26 heavy (non-hydrogen) atoms. The SMILES string of the molecule is CC(C)(C)c1nnc(CN2CCN(C(=O)c3cc(Cl)cc(Cl)c3)CC2)o1. The van der Waals surface area contributed by atoms with Crippen molar-refractivity contribution in [1.82, 2.24) is 20.0 Å². The predicted molar refractivity (Wildman–Crippen MR) is 101 cm³/mol. The lowest BCUT2D eigenvalue weighted by atomic mass is 9.97. The Bertz CT molecular complexity index is 772. The van der Waals surface area contributed by atoms with E-state index >= 15 is 0 Å². The second kappa shape index (κ2) is 7.55. The molecule has 2 heterocycles. The van der Waals surface area contributed by atoms with Crippen LogP contribution in [0.5, 0.6) is 0 Å². The third-order valence-electron chi connectivity index (χ3n) is 4.24. The molecule has 1 amide bonds. The molecule has 0 N–H and O–H groups in total. The maximum absolute atomic E-state index is 12.6. The smallest absolute Gasteiger partial charge is 0.254 e. The molecule has 1 aromatic carbocycles. The molecule has 8 heteroatoms. The summed E-state index contributed by atoms with van der Waals surface area (Å²) < 4.78 is 5.75. The molecule has 1 fully saturated rings. The number of carbonyl (C=O) groups excluding carboxylic acids is 1. The Morgan fingerprint density at radius 1 is 1.08 bits per heavy atom. The first-order valence-electron chi connectivity index (χ1n) is 8.53. The Morgan fingerprint density at radius 3 is 2.23 bits per heavy atom. The van der Waals surface area contributed by atoms with Gasteiger partial charge >= 0.3 is 0 Å². The van der Waals surface area contributed by atoms with E-state index in [0.717, 1.165) is 13.1 Å². The molecular formula is C18H22Cl2N4O2. The summed E-state index contributed by atoms with van der Waals surface area (Å²) in [6.45, 7) is 9.45. The standard InChI is InChI=1S/C18H22Cl2N4O2/c1-18(2,3)17-22-21-15(26-17)11-23-4-6-24(7-5-23)16(25)12-8-13(19)10-14(20)9-12/h8-10H,4-7,11H2,1-3H3. The summed E-state index contributed by atoms with van der Waals surface area (Å²) in [5.74, 6) is 1.19. The van der Waals surface area contributed by atoms with Gasteiger partial charge in [-0.25, -0.2) is 0 Å². The van der Waals surface area contributed by atoms with Gasteiger partial charge in [-0.2, -0.15) is 0 Å². The van der Waals surface area contributed by atoms with E-state index in [1.165, 1.54) is 0 Å². The molecule has 6 nitrogen and oxygen atoms in total. The number of benzene rings is 1. The van der Waals surface area contributed by atoms with Gasteiger partial charge in [-0.05, 0) is 18.2 Å². The van der Waals surface area contributed by atoms with Crippen LogP contribution in [-0.2, 0) is 12.0 Å². The number of aromatic nitrogens is 2. The summed E-state index contributed by atoms with van der Waals surface area (Å²) in [6.07, 6.45) is 0. The summed E-state index contributed by atoms with van der Waals surface area (Å²) >= 11 is 12.0. The molecule has 0 bridgehead atoms. The second-order valence-electron chi connectivity index (χ2n) is 7.48. The Morgan fingerprint density at radius 2 is 1.69 bits per heavy atom. The molecule has 0 aliphatic carbocycles. The lowest BCUT2D eigenvalue weighted by Gasteiger charge is -2.34. The van der Waals surface area contributed by atoms with Crippen LogP contribution in [0, 0.1) is 0 Å². The van der Waals surface area contributed by atoms with Gasteiger partial charge in [-0.15, -0.1) is 10.2 Å². The molecule has 1 saturated heterocycles. The van der Waals surface area contributed by atoms with Crippen molar-refractivity contribution in [1.29, 1.82) is 0 Å². The normalized spacial score (nSPS) is 16.1. The molecule has 0 unspecified atom stereocenters. The molecule has 1 aliphatic rings. The molecule has 1 aromatic heterocycles. The van der Waals surface area contributed by atoms with Gasteiger partial charge in [-0.3, -0.25) is 9.69 Å². The van der Waals surface area contributed by atoms with Gasteiger partial charge in [0.25, 0.3) is 5.91 Å². The summed E-state index contributed by atoms with van der Waals surface area (Å²) in [6, 6.07) is 4.91. The number of hydrogen-bond donors (Lipinski definition) is 0. The topological polar surface area (TPSA) is 62.5 Å². The number of nitrogens with zero attached hydrogens (tertiary/aromatic N) is 4. The van der Waals surface area contributed by atoms with Gasteiger partial charge in [0, 0.05) is 47.2 Å². The third-order valence-corrected chi connectivity index (χ3v) is 4.67. The highest BCUT2D eigenvalue weighted by Crippen LogP contribution is 2.22. The van der Waals surface area contributed by atoms with Gasteiger partial charge in [0.2, 0.25) is 11.8 Å². The van der Waals surface area contributed by atoms with E-state index in [1.807, 2.05) is 25.7 Å². The van der Waals surface area contributed by atoms with E-state index in [2.05, 4.69) is 15.1 Å². The van der Waals surface area contributed by atoms with Crippen molar-refractivity contribution < 1.29 is 9.21 Å². The van der Waals surface area contributed by atoms with Crippen LogP contribution in [0.3, 0.4) is 0 Å². The van der Waals surface area contributed by atoms with Crippen LogP contribution in [-0.4, -0.2) is 52.1 Å². The minimum Gasteiger partial charge on any atom is -0.423 e. The van der Waals surface area contributed by atoms with Crippen LogP contribution >= 0.6 is 23.2 Å². The highest BCUT2D eigenvalue weighted by molar-refractivity contribution is 6.35. The van der Waals surface area contributed by atoms with Gasteiger partial charge in [-0.1, -0.05) is 44.0 Å². The first-order chi connectivity index (χ1) is 12.2. The lowest BCUT2D eigenvalue weighted by molar-refractivity contribution is 0.0617. The zero-order valence-electron chi connectivity index (χ0n) is 15.1. The zero-order chi connectivity index (χ0) is 18.9. The van der Waals surface area contributed by atoms with Crippen LogP contribution in [0.15, 0.2) is 22.6 Å². The molecule has 0 spiro atoms. The average Bonchev–Trinajstić information content (AvgIpc) is 3.03. The highest BCUT2D eigenvalue weighted by atomic mass is 35.5. The van der Waals surface area contributed by atoms with E-state index in [1.54, 1.807) is 18.2 Å². The second-order valence-corrected chi connectivity index (χ2v) is 8.35. The average molecular weight is 397 g/mol. The van der Waals surface area contributed by atoms with E-state index in [4.69, 9.17) is 27.6 Å². The fourth-order valence-corrected chi connectivity index (χ4v) is 3.31. The van der Waals surface area contributed by atoms with Crippen LogP contribution in [0.1, 0.15) is 42.9 Å². The number of piperazine rings is 1. The van der Waals surface area contributed by atoms with Crippen LogP contribution in [0.2, 0.25) is 10.0 Å². The summed E-state index contributed by atoms with van der Waals surface area (Å²) in [4.78, 5) is 16.6. The van der Waals surface area contributed by atoms with Gasteiger partial charge in [0.15, 0.2) is 0 Å². The predicted octanol–water partition coefficient (Wildman–Crippen LogP) is 3.63. The van der Waals surface area contributed by atoms with Crippen molar-refractivity contribution in [3.8, 4) is 0 Å². The summed E-state index contributed by atoms with van der Waals surface area (Å²) in [5.41, 5.74) is 0.358. The monoisotopic (exact) mass is 396 g/mol. The van der Waals surface area contributed by atoms with Gasteiger partial charge in [0.05, 0.1) is 6.54 Å². The summed E-state index contributed by atoms with van der Waals surface area (Å²) in [7, 11) is 0. The molecule has 0 radical (unpaired) electrons. The number of carbonyl (C=O) groups is 1. The van der Waals surface area contributed by atoms with E-state index in [0.29, 0.717) is 47.0 Å². The van der Waals surface area contributed by atoms with Crippen molar-refractivity contribution in [3.05, 3.63) is 45.6 Å². The fraction of sp³-hybridized carbons (Fsp3) is 0.500.